The summed E-state index contributed by atoms with van der Waals surface area (Å²) in [5, 5.41) is 2.70. The molecule has 1 fully saturated rings. The highest BCUT2D eigenvalue weighted by Gasteiger charge is 2.36. The predicted octanol–water partition coefficient (Wildman–Crippen LogP) is 1.70. The monoisotopic (exact) mass is 312 g/mol. The van der Waals surface area contributed by atoms with Gasteiger partial charge in [0.25, 0.3) is 5.91 Å². The molecule has 7 heteroatoms. The molecule has 0 aromatic heterocycles. The molecule has 0 radical (unpaired) electrons. The van der Waals surface area contributed by atoms with Gasteiger partial charge < -0.3 is 15.0 Å². The summed E-state index contributed by atoms with van der Waals surface area (Å²) in [5.74, 6) is 0.156. The summed E-state index contributed by atoms with van der Waals surface area (Å²) >= 11 is 1.52. The van der Waals surface area contributed by atoms with E-state index in [-0.39, 0.29) is 17.6 Å². The molecule has 0 spiro atoms. The van der Waals surface area contributed by atoms with Gasteiger partial charge in [-0.2, -0.15) is 0 Å². The highest BCUT2D eigenvalue weighted by atomic mass is 32.2. The number of anilines is 1. The van der Waals surface area contributed by atoms with Gasteiger partial charge in [-0.3, -0.25) is 9.59 Å². The van der Waals surface area contributed by atoms with Crippen LogP contribution in [-0.2, 0) is 14.3 Å². The van der Waals surface area contributed by atoms with Crippen LogP contribution in [0.15, 0.2) is 24.3 Å². The number of amides is 2. The quantitative estimate of drug-likeness (QED) is 0.919. The fourth-order valence-corrected chi connectivity index (χ4v) is 3.13. The van der Waals surface area contributed by atoms with E-state index in [9.17, 15) is 14.0 Å². The Morgan fingerprint density at radius 3 is 2.71 bits per heavy atom. The summed E-state index contributed by atoms with van der Waals surface area (Å²) < 4.78 is 17.8. The first-order chi connectivity index (χ1) is 10.0. The van der Waals surface area contributed by atoms with Gasteiger partial charge in [0.15, 0.2) is 0 Å². The largest absolute Gasteiger partial charge is 0.372 e. The van der Waals surface area contributed by atoms with Crippen molar-refractivity contribution in [1.29, 1.82) is 0 Å². The Morgan fingerprint density at radius 1 is 1.43 bits per heavy atom. The van der Waals surface area contributed by atoms with Crippen LogP contribution in [0.1, 0.15) is 6.92 Å². The van der Waals surface area contributed by atoms with Crippen LogP contribution in [0.2, 0.25) is 0 Å². The average molecular weight is 312 g/mol. The summed E-state index contributed by atoms with van der Waals surface area (Å²) in [6, 6.07) is 4.98. The summed E-state index contributed by atoms with van der Waals surface area (Å²) in [7, 11) is 1.46. The van der Waals surface area contributed by atoms with E-state index in [1.807, 2.05) is 0 Å². The van der Waals surface area contributed by atoms with E-state index in [0.717, 1.165) is 0 Å². The molecule has 0 unspecified atom stereocenters. The van der Waals surface area contributed by atoms with Crippen molar-refractivity contribution in [2.24, 2.45) is 0 Å². The van der Waals surface area contributed by atoms with Gasteiger partial charge in [-0.25, -0.2) is 4.39 Å². The molecule has 2 amide bonds. The zero-order valence-electron chi connectivity index (χ0n) is 11.8. The van der Waals surface area contributed by atoms with E-state index < -0.39 is 12.1 Å². The predicted molar refractivity (Wildman–Crippen MR) is 79.5 cm³/mol. The number of hydrogen-bond acceptors (Lipinski definition) is 4. The van der Waals surface area contributed by atoms with Crippen LogP contribution < -0.4 is 5.32 Å². The van der Waals surface area contributed by atoms with Gasteiger partial charge in [0.05, 0.1) is 5.88 Å². The number of carbonyl (C=O) groups is 2. The lowest BCUT2D eigenvalue weighted by Gasteiger charge is -2.25. The van der Waals surface area contributed by atoms with Crippen LogP contribution in [0.25, 0.3) is 0 Å². The van der Waals surface area contributed by atoms with E-state index in [1.165, 1.54) is 48.0 Å². The molecule has 1 aromatic rings. The van der Waals surface area contributed by atoms with Crippen LogP contribution in [0.4, 0.5) is 10.1 Å². The van der Waals surface area contributed by atoms with Crippen LogP contribution >= 0.6 is 11.8 Å². The zero-order valence-corrected chi connectivity index (χ0v) is 12.7. The highest BCUT2D eigenvalue weighted by Crippen LogP contribution is 2.23. The third-order valence-corrected chi connectivity index (χ3v) is 4.29. The summed E-state index contributed by atoms with van der Waals surface area (Å²) in [5.41, 5.74) is 0.505. The maximum absolute atomic E-state index is 12.8. The molecule has 114 valence electrons. The Hall–Kier alpha value is -1.60. The number of benzene rings is 1. The molecule has 0 bridgehead atoms. The Kier molecular flexibility index (Phi) is 5.19. The summed E-state index contributed by atoms with van der Waals surface area (Å²) in [4.78, 5) is 25.9. The van der Waals surface area contributed by atoms with E-state index >= 15 is 0 Å². The van der Waals surface area contributed by atoms with E-state index in [2.05, 4.69) is 5.32 Å². The topological polar surface area (TPSA) is 58.6 Å². The SMILES string of the molecule is CO[C@H](C)C(=O)N1CSC[C@H]1C(=O)Nc1ccc(F)cc1. The molecule has 2 atom stereocenters. The number of carbonyl (C=O) groups excluding carboxylic acids is 2. The lowest BCUT2D eigenvalue weighted by atomic mass is 10.2. The molecule has 0 aliphatic carbocycles. The van der Waals surface area contributed by atoms with Crippen LogP contribution in [-0.4, -0.2) is 47.6 Å². The minimum Gasteiger partial charge on any atom is -0.372 e. The second kappa shape index (κ2) is 6.91. The number of rotatable bonds is 4. The molecule has 1 aliphatic heterocycles. The van der Waals surface area contributed by atoms with Crippen LogP contribution in [0, 0.1) is 5.82 Å². The zero-order chi connectivity index (χ0) is 15.4. The Morgan fingerprint density at radius 2 is 2.10 bits per heavy atom. The van der Waals surface area contributed by atoms with Crippen molar-refractivity contribution in [2.45, 2.75) is 19.1 Å². The second-order valence-electron chi connectivity index (χ2n) is 4.70. The molecule has 1 saturated heterocycles. The lowest BCUT2D eigenvalue weighted by Crippen LogP contribution is -2.48. The number of halogens is 1. The van der Waals surface area contributed by atoms with Gasteiger partial charge >= 0.3 is 0 Å². The first kappa shape index (κ1) is 15.8. The molecule has 1 aromatic carbocycles. The average Bonchev–Trinajstić information content (AvgIpc) is 2.97. The van der Waals surface area contributed by atoms with Crippen molar-refractivity contribution in [1.82, 2.24) is 4.90 Å². The molecular formula is C14H17FN2O3S. The number of ether oxygens (including phenoxy) is 1. The van der Waals surface area contributed by atoms with Gasteiger partial charge in [0.2, 0.25) is 5.91 Å². The number of nitrogens with one attached hydrogen (secondary N) is 1. The first-order valence-corrected chi connectivity index (χ1v) is 7.66. The Labute approximate surface area is 126 Å². The van der Waals surface area contributed by atoms with Gasteiger partial charge in [0.1, 0.15) is 18.0 Å². The van der Waals surface area contributed by atoms with Crippen LogP contribution in [0.5, 0.6) is 0 Å². The summed E-state index contributed by atoms with van der Waals surface area (Å²) in [6.45, 7) is 1.65. The van der Waals surface area contributed by atoms with Crippen molar-refractivity contribution in [3.05, 3.63) is 30.1 Å². The number of thioether (sulfide) groups is 1. The Bertz CT molecular complexity index is 523. The maximum Gasteiger partial charge on any atom is 0.252 e. The molecule has 5 nitrogen and oxygen atoms in total. The third-order valence-electron chi connectivity index (χ3n) is 3.28. The van der Waals surface area contributed by atoms with Gasteiger partial charge in [-0.15, -0.1) is 11.8 Å². The second-order valence-corrected chi connectivity index (χ2v) is 5.70. The fourth-order valence-electron chi connectivity index (χ4n) is 1.97. The van der Waals surface area contributed by atoms with Crippen molar-refractivity contribution in [3.63, 3.8) is 0 Å². The molecule has 2 rings (SSSR count). The summed E-state index contributed by atoms with van der Waals surface area (Å²) in [6.07, 6.45) is -0.579. The van der Waals surface area contributed by atoms with Gasteiger partial charge in [0, 0.05) is 18.6 Å². The van der Waals surface area contributed by atoms with Crippen molar-refractivity contribution >= 4 is 29.3 Å². The molecule has 1 heterocycles. The van der Waals surface area contributed by atoms with Gasteiger partial charge in [-0.05, 0) is 31.2 Å². The maximum atomic E-state index is 12.8. The molecule has 21 heavy (non-hydrogen) atoms. The van der Waals surface area contributed by atoms with E-state index in [4.69, 9.17) is 4.74 Å². The molecular weight excluding hydrogens is 295 g/mol. The third kappa shape index (κ3) is 3.74. The standard InChI is InChI=1S/C14H17FN2O3S/c1-9(20-2)14(19)17-8-21-7-12(17)13(18)16-11-5-3-10(15)4-6-11/h3-6,9,12H,7-8H2,1-2H3,(H,16,18)/t9-,12+/m1/s1. The number of nitrogens with zero attached hydrogens (tertiary/aromatic N) is 1. The lowest BCUT2D eigenvalue weighted by molar-refractivity contribution is -0.144. The van der Waals surface area contributed by atoms with Crippen molar-refractivity contribution < 1.29 is 18.7 Å². The first-order valence-electron chi connectivity index (χ1n) is 6.50. The van der Waals surface area contributed by atoms with Crippen molar-refractivity contribution in [2.75, 3.05) is 24.1 Å². The normalized spacial score (nSPS) is 19.4. The molecule has 0 saturated carbocycles. The van der Waals surface area contributed by atoms with Crippen molar-refractivity contribution in [3.8, 4) is 0 Å². The fraction of sp³-hybridized carbons (Fsp3) is 0.429. The minimum absolute atomic E-state index is 0.207. The van der Waals surface area contributed by atoms with Crippen LogP contribution in [0.3, 0.4) is 0 Å². The Balaban J connectivity index is 2.03. The molecule has 1 N–H and O–H groups in total. The number of hydrogen-bond donors (Lipinski definition) is 1. The smallest absolute Gasteiger partial charge is 0.252 e. The molecule has 1 aliphatic rings. The minimum atomic E-state index is -0.579. The van der Waals surface area contributed by atoms with E-state index in [0.29, 0.717) is 17.3 Å². The number of methoxy groups -OCH3 is 1. The highest BCUT2D eigenvalue weighted by molar-refractivity contribution is 7.99. The van der Waals surface area contributed by atoms with E-state index in [1.54, 1.807) is 6.92 Å². The van der Waals surface area contributed by atoms with Gasteiger partial charge in [-0.1, -0.05) is 0 Å².